The lowest BCUT2D eigenvalue weighted by Gasteiger charge is -2.00. The van der Waals surface area contributed by atoms with Crippen LogP contribution in [0, 0.1) is 0 Å². The summed E-state index contributed by atoms with van der Waals surface area (Å²) in [4.78, 5) is 0. The number of rotatable bonds is 4. The van der Waals surface area contributed by atoms with Crippen LogP contribution in [0.15, 0.2) is 36.5 Å². The van der Waals surface area contributed by atoms with Crippen LogP contribution < -0.4 is 5.32 Å². The second-order valence-corrected chi connectivity index (χ2v) is 4.10. The molecule has 0 radical (unpaired) electrons. The average Bonchev–Trinajstić information content (AvgIpc) is 2.79. The maximum absolute atomic E-state index is 5.87. The van der Waals surface area contributed by atoms with Gasteiger partial charge in [-0.3, -0.25) is 5.10 Å². The predicted molar refractivity (Wildman–Crippen MR) is 72.0 cm³/mol. The molecule has 0 aliphatic carbocycles. The maximum Gasteiger partial charge on any atom is 0.0722 e. The van der Waals surface area contributed by atoms with E-state index < -0.39 is 0 Å². The molecular weight excluding hydrogens is 234 g/mol. The number of nitrogens with zero attached hydrogens (tertiary/aromatic N) is 1. The van der Waals surface area contributed by atoms with Crippen LogP contribution in [-0.4, -0.2) is 23.8 Å². The number of aromatic nitrogens is 2. The number of halogens is 1. The van der Waals surface area contributed by atoms with E-state index >= 15 is 0 Å². The van der Waals surface area contributed by atoms with Crippen molar-refractivity contribution in [3.8, 4) is 11.3 Å². The highest BCUT2D eigenvalue weighted by molar-refractivity contribution is 6.30. The first-order valence-corrected chi connectivity index (χ1v) is 5.79. The van der Waals surface area contributed by atoms with Crippen molar-refractivity contribution in [2.24, 2.45) is 0 Å². The van der Waals surface area contributed by atoms with Gasteiger partial charge in [0.1, 0.15) is 0 Å². The van der Waals surface area contributed by atoms with E-state index in [0.29, 0.717) is 0 Å². The van der Waals surface area contributed by atoms with Crippen LogP contribution in [0.3, 0.4) is 0 Å². The van der Waals surface area contributed by atoms with Gasteiger partial charge in [-0.15, -0.1) is 0 Å². The molecule has 3 nitrogen and oxygen atoms in total. The van der Waals surface area contributed by atoms with Gasteiger partial charge in [-0.25, -0.2) is 0 Å². The van der Waals surface area contributed by atoms with E-state index in [-0.39, 0.29) is 0 Å². The minimum absolute atomic E-state index is 0.737. The molecule has 1 heterocycles. The van der Waals surface area contributed by atoms with Crippen LogP contribution in [0.25, 0.3) is 17.3 Å². The molecule has 2 aromatic rings. The third kappa shape index (κ3) is 2.96. The molecule has 0 amide bonds. The molecule has 0 saturated heterocycles. The highest BCUT2D eigenvalue weighted by atomic mass is 35.5. The molecule has 0 fully saturated rings. The van der Waals surface area contributed by atoms with Crippen molar-refractivity contribution in [1.82, 2.24) is 15.5 Å². The first kappa shape index (κ1) is 11.9. The standard InChI is InChI=1S/C13H14ClN3/c1-15-8-2-3-11-9-16-17-13(11)10-4-6-12(14)7-5-10/h2-7,9,15H,8H2,1H3,(H,16,17). The van der Waals surface area contributed by atoms with Gasteiger partial charge in [-0.2, -0.15) is 5.10 Å². The summed E-state index contributed by atoms with van der Waals surface area (Å²) in [5.41, 5.74) is 3.16. The van der Waals surface area contributed by atoms with E-state index in [2.05, 4.69) is 21.6 Å². The van der Waals surface area contributed by atoms with E-state index in [9.17, 15) is 0 Å². The Kier molecular flexibility index (Phi) is 3.96. The van der Waals surface area contributed by atoms with Gasteiger partial charge in [0.25, 0.3) is 0 Å². The summed E-state index contributed by atoms with van der Waals surface area (Å²) in [7, 11) is 1.92. The zero-order valence-corrected chi connectivity index (χ0v) is 10.3. The van der Waals surface area contributed by atoms with Crippen molar-refractivity contribution in [2.45, 2.75) is 0 Å². The number of hydrogen-bond acceptors (Lipinski definition) is 2. The Labute approximate surface area is 106 Å². The molecular formula is C13H14ClN3. The summed E-state index contributed by atoms with van der Waals surface area (Å²) in [6.07, 6.45) is 5.92. The van der Waals surface area contributed by atoms with Crippen molar-refractivity contribution >= 4 is 17.7 Å². The normalized spacial score (nSPS) is 11.2. The Balaban J connectivity index is 2.27. The predicted octanol–water partition coefficient (Wildman–Crippen LogP) is 2.96. The van der Waals surface area contributed by atoms with Crippen LogP contribution >= 0.6 is 11.6 Å². The fraction of sp³-hybridized carbons (Fsp3) is 0.154. The average molecular weight is 248 g/mol. The molecule has 0 unspecified atom stereocenters. The number of hydrogen-bond donors (Lipinski definition) is 2. The second-order valence-electron chi connectivity index (χ2n) is 3.67. The number of benzene rings is 1. The Bertz CT molecular complexity index is 500. The molecule has 0 aliphatic heterocycles. The zero-order chi connectivity index (χ0) is 12.1. The van der Waals surface area contributed by atoms with E-state index in [4.69, 9.17) is 11.6 Å². The molecule has 1 aromatic carbocycles. The second kappa shape index (κ2) is 5.66. The summed E-state index contributed by atoms with van der Waals surface area (Å²) >= 11 is 5.87. The van der Waals surface area contributed by atoms with Crippen LogP contribution in [0.4, 0.5) is 0 Å². The Morgan fingerprint density at radius 2 is 2.12 bits per heavy atom. The van der Waals surface area contributed by atoms with Crippen molar-refractivity contribution in [3.05, 3.63) is 47.1 Å². The van der Waals surface area contributed by atoms with E-state index in [0.717, 1.165) is 28.4 Å². The summed E-state index contributed by atoms with van der Waals surface area (Å²) in [5.74, 6) is 0. The fourth-order valence-electron chi connectivity index (χ4n) is 1.57. The van der Waals surface area contributed by atoms with Gasteiger partial charge in [0.15, 0.2) is 0 Å². The maximum atomic E-state index is 5.87. The van der Waals surface area contributed by atoms with Crippen LogP contribution in [-0.2, 0) is 0 Å². The highest BCUT2D eigenvalue weighted by Gasteiger charge is 2.04. The van der Waals surface area contributed by atoms with Crippen molar-refractivity contribution in [1.29, 1.82) is 0 Å². The summed E-state index contributed by atoms with van der Waals surface area (Å²) in [6, 6.07) is 7.70. The molecule has 0 aliphatic rings. The Morgan fingerprint density at radius 3 is 2.82 bits per heavy atom. The number of H-pyrrole nitrogens is 1. The quantitative estimate of drug-likeness (QED) is 0.872. The molecule has 4 heteroatoms. The van der Waals surface area contributed by atoms with Crippen LogP contribution in [0.1, 0.15) is 5.56 Å². The lowest BCUT2D eigenvalue weighted by atomic mass is 10.1. The summed E-state index contributed by atoms with van der Waals surface area (Å²) in [6.45, 7) is 0.839. The smallest absolute Gasteiger partial charge is 0.0722 e. The molecule has 88 valence electrons. The van der Waals surface area contributed by atoms with Crippen molar-refractivity contribution < 1.29 is 0 Å². The summed E-state index contributed by atoms with van der Waals surface area (Å²) in [5, 5.41) is 10.9. The van der Waals surface area contributed by atoms with E-state index in [1.54, 1.807) is 0 Å². The van der Waals surface area contributed by atoms with Crippen LogP contribution in [0.5, 0.6) is 0 Å². The van der Waals surface area contributed by atoms with Gasteiger partial charge in [0, 0.05) is 22.7 Å². The lowest BCUT2D eigenvalue weighted by Crippen LogP contribution is -2.03. The fourth-order valence-corrected chi connectivity index (χ4v) is 1.70. The zero-order valence-electron chi connectivity index (χ0n) is 9.57. The molecule has 0 atom stereocenters. The van der Waals surface area contributed by atoms with E-state index in [1.807, 2.05) is 43.6 Å². The van der Waals surface area contributed by atoms with Gasteiger partial charge >= 0.3 is 0 Å². The monoisotopic (exact) mass is 247 g/mol. The summed E-state index contributed by atoms with van der Waals surface area (Å²) < 4.78 is 0. The van der Waals surface area contributed by atoms with Gasteiger partial charge < -0.3 is 5.32 Å². The molecule has 0 saturated carbocycles. The first-order valence-electron chi connectivity index (χ1n) is 5.41. The number of aromatic amines is 1. The number of nitrogens with one attached hydrogen (secondary N) is 2. The Hall–Kier alpha value is -1.58. The molecule has 2 rings (SSSR count). The lowest BCUT2D eigenvalue weighted by molar-refractivity contribution is 0.922. The van der Waals surface area contributed by atoms with Gasteiger partial charge in [0.2, 0.25) is 0 Å². The third-order valence-electron chi connectivity index (χ3n) is 2.42. The Morgan fingerprint density at radius 1 is 1.35 bits per heavy atom. The SMILES string of the molecule is CNCC=Cc1cn[nH]c1-c1ccc(Cl)cc1. The van der Waals surface area contributed by atoms with Crippen LogP contribution in [0.2, 0.25) is 5.02 Å². The highest BCUT2D eigenvalue weighted by Crippen LogP contribution is 2.23. The minimum Gasteiger partial charge on any atom is -0.316 e. The molecule has 0 spiro atoms. The minimum atomic E-state index is 0.737. The van der Waals surface area contributed by atoms with Gasteiger partial charge in [-0.1, -0.05) is 35.9 Å². The van der Waals surface area contributed by atoms with Gasteiger partial charge in [-0.05, 0) is 19.2 Å². The number of likely N-dealkylation sites (N-methyl/N-ethyl adjacent to an activating group) is 1. The van der Waals surface area contributed by atoms with Crippen molar-refractivity contribution in [3.63, 3.8) is 0 Å². The molecule has 0 bridgehead atoms. The first-order chi connectivity index (χ1) is 8.31. The molecule has 2 N–H and O–H groups in total. The third-order valence-corrected chi connectivity index (χ3v) is 2.67. The van der Waals surface area contributed by atoms with E-state index in [1.165, 1.54) is 0 Å². The molecule has 17 heavy (non-hydrogen) atoms. The molecule has 1 aromatic heterocycles. The largest absolute Gasteiger partial charge is 0.316 e. The topological polar surface area (TPSA) is 40.7 Å². The van der Waals surface area contributed by atoms with Crippen molar-refractivity contribution in [2.75, 3.05) is 13.6 Å². The van der Waals surface area contributed by atoms with Gasteiger partial charge in [0.05, 0.1) is 11.9 Å².